The predicted octanol–water partition coefficient (Wildman–Crippen LogP) is 4.24. The van der Waals surface area contributed by atoms with E-state index in [4.69, 9.17) is 14.2 Å². The number of unbranched alkanes of at least 4 members (excludes halogenated alkanes) is 1. The first-order chi connectivity index (χ1) is 12.5. The van der Waals surface area contributed by atoms with Crippen LogP contribution >= 0.6 is 0 Å². The van der Waals surface area contributed by atoms with E-state index in [0.29, 0.717) is 11.2 Å². The van der Waals surface area contributed by atoms with E-state index in [9.17, 15) is 19.2 Å². The van der Waals surface area contributed by atoms with Crippen molar-refractivity contribution >= 4 is 24.4 Å². The molecule has 0 saturated carbocycles. The lowest BCUT2D eigenvalue weighted by Crippen LogP contribution is -2.53. The van der Waals surface area contributed by atoms with Crippen molar-refractivity contribution in [3.63, 3.8) is 0 Å². The van der Waals surface area contributed by atoms with Gasteiger partial charge in [0.2, 0.25) is 0 Å². The van der Waals surface area contributed by atoms with Gasteiger partial charge in [-0.05, 0) is 75.2 Å². The van der Waals surface area contributed by atoms with E-state index in [1.54, 1.807) is 62.3 Å². The number of carbonyl (C=O) groups excluding carboxylic acids is 4. The van der Waals surface area contributed by atoms with Gasteiger partial charge in [0, 0.05) is 6.42 Å². The van der Waals surface area contributed by atoms with Gasteiger partial charge in [-0.1, -0.05) is 0 Å². The second-order valence-corrected chi connectivity index (χ2v) is 9.48. The second-order valence-electron chi connectivity index (χ2n) is 9.48. The molecule has 0 fully saturated rings. The first kappa shape index (κ1) is 25.9. The zero-order chi connectivity index (χ0) is 22.3. The molecule has 0 aromatic carbocycles. The van der Waals surface area contributed by atoms with Crippen LogP contribution in [-0.2, 0) is 23.8 Å². The number of esters is 1. The number of aldehydes is 1. The van der Waals surface area contributed by atoms with Crippen LogP contribution in [-0.4, -0.2) is 52.2 Å². The first-order valence-corrected chi connectivity index (χ1v) is 9.38. The molecule has 0 spiro atoms. The summed E-state index contributed by atoms with van der Waals surface area (Å²) in [6.45, 7) is 14.9. The van der Waals surface area contributed by atoms with E-state index in [1.165, 1.54) is 0 Å². The van der Waals surface area contributed by atoms with Crippen molar-refractivity contribution in [3.05, 3.63) is 0 Å². The molecule has 8 nitrogen and oxygen atoms in total. The molecule has 0 aliphatic heterocycles. The minimum Gasteiger partial charge on any atom is -0.458 e. The number of amides is 2. The molecular formula is C20H35NO7. The summed E-state index contributed by atoms with van der Waals surface area (Å²) in [7, 11) is 0. The Hall–Kier alpha value is -2.12. The van der Waals surface area contributed by atoms with E-state index in [-0.39, 0.29) is 19.3 Å². The molecular weight excluding hydrogens is 367 g/mol. The Balaban J connectivity index is 5.95. The van der Waals surface area contributed by atoms with Crippen LogP contribution in [0.5, 0.6) is 0 Å². The summed E-state index contributed by atoms with van der Waals surface area (Å²) in [6.07, 6.45) is -0.804. The number of nitrogens with zero attached hydrogens (tertiary/aromatic N) is 1. The Morgan fingerprint density at radius 2 is 1.18 bits per heavy atom. The first-order valence-electron chi connectivity index (χ1n) is 9.38. The molecule has 0 aromatic rings. The van der Waals surface area contributed by atoms with Crippen molar-refractivity contribution < 1.29 is 33.4 Å². The number of ether oxygens (including phenoxy) is 3. The number of hydrogen-bond acceptors (Lipinski definition) is 7. The third-order valence-corrected chi connectivity index (χ3v) is 2.97. The van der Waals surface area contributed by atoms with Crippen LogP contribution in [0.25, 0.3) is 0 Å². The minimum absolute atomic E-state index is 0.0478. The fourth-order valence-electron chi connectivity index (χ4n) is 2.07. The Morgan fingerprint density at radius 1 is 0.786 bits per heavy atom. The highest BCUT2D eigenvalue weighted by Crippen LogP contribution is 2.22. The number of hydrogen-bond donors (Lipinski definition) is 0. The van der Waals surface area contributed by atoms with E-state index in [0.717, 1.165) is 0 Å². The van der Waals surface area contributed by atoms with Gasteiger partial charge in [-0.2, -0.15) is 4.90 Å². The lowest BCUT2D eigenvalue weighted by Gasteiger charge is -2.33. The molecule has 28 heavy (non-hydrogen) atoms. The van der Waals surface area contributed by atoms with Crippen LogP contribution < -0.4 is 0 Å². The van der Waals surface area contributed by atoms with Crippen LogP contribution in [0.4, 0.5) is 9.59 Å². The Labute approximate surface area is 167 Å². The van der Waals surface area contributed by atoms with Crippen molar-refractivity contribution in [2.75, 3.05) is 0 Å². The topological polar surface area (TPSA) is 99.2 Å². The average molecular weight is 402 g/mol. The van der Waals surface area contributed by atoms with Gasteiger partial charge in [-0.3, -0.25) is 0 Å². The zero-order valence-electron chi connectivity index (χ0n) is 18.6. The summed E-state index contributed by atoms with van der Waals surface area (Å²) in [5, 5.41) is 0. The summed E-state index contributed by atoms with van der Waals surface area (Å²) in [5.74, 6) is -0.768. The third kappa shape index (κ3) is 10.9. The van der Waals surface area contributed by atoms with Crippen molar-refractivity contribution in [3.8, 4) is 0 Å². The van der Waals surface area contributed by atoms with E-state index >= 15 is 0 Å². The van der Waals surface area contributed by atoms with Gasteiger partial charge in [0.25, 0.3) is 0 Å². The lowest BCUT2D eigenvalue weighted by molar-refractivity contribution is -0.161. The highest BCUT2D eigenvalue weighted by molar-refractivity contribution is 5.94. The summed E-state index contributed by atoms with van der Waals surface area (Å²) in [5.41, 5.74) is -2.61. The molecule has 0 bridgehead atoms. The lowest BCUT2D eigenvalue weighted by atomic mass is 10.1. The molecule has 0 aliphatic carbocycles. The fraction of sp³-hybridized carbons (Fsp3) is 0.800. The summed E-state index contributed by atoms with van der Waals surface area (Å²) in [6, 6.07) is -1.27. The van der Waals surface area contributed by atoms with Gasteiger partial charge in [-0.25, -0.2) is 14.4 Å². The molecule has 0 heterocycles. The molecule has 0 radical (unpaired) electrons. The quantitative estimate of drug-likeness (QED) is 0.215. The smallest absolute Gasteiger partial charge is 0.420 e. The van der Waals surface area contributed by atoms with Crippen LogP contribution in [0.1, 0.15) is 81.6 Å². The SMILES string of the molecule is CC(C)(C)OC(=O)[C@H](CCC[13CH]=O)N(C(=O)OC(C)(C)C)C(=O)OC(C)(C)C. The molecule has 2 amide bonds. The maximum absolute atomic E-state index is 12.8. The van der Waals surface area contributed by atoms with E-state index in [1.807, 2.05) is 0 Å². The molecule has 0 aromatic heterocycles. The van der Waals surface area contributed by atoms with Crippen LogP contribution in [0, 0.1) is 0 Å². The maximum atomic E-state index is 12.8. The molecule has 0 unspecified atom stereocenters. The Bertz CT molecular complexity index is 537. The zero-order valence-corrected chi connectivity index (χ0v) is 18.6. The largest absolute Gasteiger partial charge is 0.458 e. The van der Waals surface area contributed by atoms with Crippen LogP contribution in [0.2, 0.25) is 0 Å². The minimum atomic E-state index is -1.27. The van der Waals surface area contributed by atoms with E-state index in [2.05, 4.69) is 0 Å². The van der Waals surface area contributed by atoms with Gasteiger partial charge < -0.3 is 19.0 Å². The van der Waals surface area contributed by atoms with Crippen molar-refractivity contribution in [1.29, 1.82) is 0 Å². The predicted molar refractivity (Wildman–Crippen MR) is 104 cm³/mol. The van der Waals surface area contributed by atoms with Crippen LogP contribution in [0.3, 0.4) is 0 Å². The second kappa shape index (κ2) is 9.89. The van der Waals surface area contributed by atoms with E-state index < -0.39 is 41.0 Å². The molecule has 0 rings (SSSR count). The Kier molecular flexibility index (Phi) is 9.14. The van der Waals surface area contributed by atoms with Gasteiger partial charge in [0.05, 0.1) is 0 Å². The van der Waals surface area contributed by atoms with Gasteiger partial charge in [0.15, 0.2) is 0 Å². The van der Waals surface area contributed by atoms with Gasteiger partial charge in [-0.15, -0.1) is 0 Å². The molecule has 0 saturated heterocycles. The van der Waals surface area contributed by atoms with Crippen molar-refractivity contribution in [2.45, 2.75) is 104 Å². The monoisotopic (exact) mass is 402 g/mol. The third-order valence-electron chi connectivity index (χ3n) is 2.97. The standard InChI is InChI=1S/C20H35NO7/c1-18(2,3)26-15(23)14(12-10-11-13-22)21(16(24)27-19(4,5)6)17(25)28-20(7,8)9/h13-14H,10-12H2,1-9H3/t14-/m0/s1/i13+1. The summed E-state index contributed by atoms with van der Waals surface area (Å²) in [4.78, 5) is 49.6. The molecule has 0 N–H and O–H groups in total. The molecule has 162 valence electrons. The molecule has 8 heteroatoms. The normalized spacial score (nSPS) is 13.3. The molecule has 1 atom stereocenters. The maximum Gasteiger partial charge on any atom is 0.420 e. The highest BCUT2D eigenvalue weighted by Gasteiger charge is 2.41. The van der Waals surface area contributed by atoms with Crippen molar-refractivity contribution in [2.24, 2.45) is 0 Å². The number of carbonyl (C=O) groups is 4. The highest BCUT2D eigenvalue weighted by atomic mass is 16.6. The fourth-order valence-corrected chi connectivity index (χ4v) is 2.07. The Morgan fingerprint density at radius 3 is 1.50 bits per heavy atom. The van der Waals surface area contributed by atoms with Gasteiger partial charge in [0.1, 0.15) is 29.1 Å². The van der Waals surface area contributed by atoms with Crippen molar-refractivity contribution in [1.82, 2.24) is 4.90 Å². The number of imide groups is 1. The summed E-state index contributed by atoms with van der Waals surface area (Å²) >= 11 is 0. The number of rotatable bonds is 6. The van der Waals surface area contributed by atoms with Gasteiger partial charge >= 0.3 is 18.2 Å². The molecule has 0 aliphatic rings. The average Bonchev–Trinajstić information content (AvgIpc) is 2.40. The summed E-state index contributed by atoms with van der Waals surface area (Å²) < 4.78 is 16.0. The van der Waals surface area contributed by atoms with Crippen LogP contribution in [0.15, 0.2) is 0 Å².